The van der Waals surface area contributed by atoms with Gasteiger partial charge in [0.25, 0.3) is 5.91 Å². The Balaban J connectivity index is 1.81. The van der Waals surface area contributed by atoms with E-state index in [1.165, 1.54) is 48.2 Å². The van der Waals surface area contributed by atoms with Gasteiger partial charge in [0.15, 0.2) is 0 Å². The van der Waals surface area contributed by atoms with Gasteiger partial charge in [0.05, 0.1) is 12.1 Å². The molecule has 1 aliphatic heterocycles. The van der Waals surface area contributed by atoms with E-state index < -0.39 is 35.5 Å². The zero-order valence-electron chi connectivity index (χ0n) is 13.6. The average molecular weight is 366 g/mol. The van der Waals surface area contributed by atoms with Crippen LogP contribution in [0.25, 0.3) is 0 Å². The topological polar surface area (TPSA) is 40.6 Å². The molecule has 1 atom stereocenters. The first-order valence-corrected chi connectivity index (χ1v) is 7.75. The summed E-state index contributed by atoms with van der Waals surface area (Å²) in [5, 5.41) is 0. The minimum atomic E-state index is -4.45. The molecule has 136 valence electrons. The summed E-state index contributed by atoms with van der Waals surface area (Å²) >= 11 is 0. The van der Waals surface area contributed by atoms with Crippen LogP contribution in [-0.4, -0.2) is 22.9 Å². The summed E-state index contributed by atoms with van der Waals surface area (Å²) in [5.74, 6) is -0.944. The highest BCUT2D eigenvalue weighted by atomic mass is 19.4. The van der Waals surface area contributed by atoms with E-state index >= 15 is 0 Å². The molecule has 2 aromatic carbocycles. The predicted molar refractivity (Wildman–Crippen MR) is 85.7 cm³/mol. The molecule has 0 saturated carbocycles. The maximum atomic E-state index is 13.1. The van der Waals surface area contributed by atoms with Crippen LogP contribution >= 0.6 is 0 Å². The number of carbonyl (C=O) groups excluding carboxylic acids is 2. The molecule has 1 fully saturated rings. The number of halogens is 4. The van der Waals surface area contributed by atoms with E-state index in [-0.39, 0.29) is 6.54 Å². The minimum Gasteiger partial charge on any atom is -0.282 e. The summed E-state index contributed by atoms with van der Waals surface area (Å²) in [4.78, 5) is 27.2. The lowest BCUT2D eigenvalue weighted by Gasteiger charge is -2.19. The third-order valence-corrected chi connectivity index (χ3v) is 4.17. The van der Waals surface area contributed by atoms with Crippen LogP contribution in [-0.2, 0) is 17.5 Å². The van der Waals surface area contributed by atoms with Gasteiger partial charge in [0.1, 0.15) is 11.9 Å². The molecule has 3 rings (SSSR count). The Labute approximate surface area is 146 Å². The molecule has 0 aromatic heterocycles. The molecule has 1 unspecified atom stereocenters. The quantitative estimate of drug-likeness (QED) is 0.603. The minimum absolute atomic E-state index is 0.141. The van der Waals surface area contributed by atoms with E-state index in [0.29, 0.717) is 11.3 Å². The summed E-state index contributed by atoms with van der Waals surface area (Å²) in [7, 11) is 0. The Morgan fingerprint density at radius 2 is 1.54 bits per heavy atom. The first-order valence-electron chi connectivity index (χ1n) is 7.75. The van der Waals surface area contributed by atoms with Crippen LogP contribution in [0, 0.1) is 5.82 Å². The van der Waals surface area contributed by atoms with Crippen LogP contribution in [0.3, 0.4) is 0 Å². The second-order valence-electron chi connectivity index (χ2n) is 5.92. The molecule has 1 saturated heterocycles. The summed E-state index contributed by atoms with van der Waals surface area (Å²) in [6.07, 6.45) is -4.45. The Kier molecular flexibility index (Phi) is 4.43. The van der Waals surface area contributed by atoms with Crippen molar-refractivity contribution in [3.63, 3.8) is 0 Å². The molecular formula is C18H14F4N2O2. The highest BCUT2D eigenvalue weighted by Gasteiger charge is 2.43. The third kappa shape index (κ3) is 3.26. The third-order valence-electron chi connectivity index (χ3n) is 4.17. The lowest BCUT2D eigenvalue weighted by molar-refractivity contribution is -0.137. The van der Waals surface area contributed by atoms with Crippen molar-refractivity contribution in [2.45, 2.75) is 25.7 Å². The molecule has 0 bridgehead atoms. The summed E-state index contributed by atoms with van der Waals surface area (Å²) in [5.41, 5.74) is -0.0401. The van der Waals surface area contributed by atoms with Crippen molar-refractivity contribution in [1.82, 2.24) is 4.90 Å². The van der Waals surface area contributed by atoms with Crippen molar-refractivity contribution in [3.05, 3.63) is 65.5 Å². The molecule has 0 radical (unpaired) electrons. The van der Waals surface area contributed by atoms with Crippen molar-refractivity contribution in [1.29, 1.82) is 0 Å². The van der Waals surface area contributed by atoms with Crippen molar-refractivity contribution in [2.75, 3.05) is 4.90 Å². The van der Waals surface area contributed by atoms with Gasteiger partial charge in [0.2, 0.25) is 0 Å². The van der Waals surface area contributed by atoms with Gasteiger partial charge in [-0.2, -0.15) is 13.2 Å². The number of imide groups is 1. The maximum Gasteiger partial charge on any atom is 0.416 e. The van der Waals surface area contributed by atoms with Gasteiger partial charge in [-0.15, -0.1) is 0 Å². The van der Waals surface area contributed by atoms with Crippen LogP contribution < -0.4 is 4.90 Å². The highest BCUT2D eigenvalue weighted by molar-refractivity contribution is 6.13. The molecule has 4 nitrogen and oxygen atoms in total. The number of anilines is 1. The lowest BCUT2D eigenvalue weighted by atomic mass is 10.1. The number of rotatable bonds is 3. The molecule has 1 heterocycles. The molecule has 26 heavy (non-hydrogen) atoms. The van der Waals surface area contributed by atoms with Crippen LogP contribution in [0.15, 0.2) is 48.5 Å². The van der Waals surface area contributed by atoms with Gasteiger partial charge in [-0.1, -0.05) is 12.1 Å². The number of hydrogen-bond donors (Lipinski definition) is 0. The van der Waals surface area contributed by atoms with Crippen LogP contribution in [0.4, 0.5) is 28.0 Å². The van der Waals surface area contributed by atoms with Crippen molar-refractivity contribution < 1.29 is 27.2 Å². The Morgan fingerprint density at radius 1 is 0.962 bits per heavy atom. The maximum absolute atomic E-state index is 13.1. The monoisotopic (exact) mass is 366 g/mol. The molecule has 8 heteroatoms. The fraction of sp³-hybridized carbons (Fsp3) is 0.222. The summed E-state index contributed by atoms with van der Waals surface area (Å²) in [6.45, 7) is 1.40. The second kappa shape index (κ2) is 6.44. The first kappa shape index (κ1) is 17.9. The predicted octanol–water partition coefficient (Wildman–Crippen LogP) is 4.20. The van der Waals surface area contributed by atoms with Crippen LogP contribution in [0.2, 0.25) is 0 Å². The summed E-state index contributed by atoms with van der Waals surface area (Å²) in [6, 6.07) is 8.01. The number of nitrogens with zero attached hydrogens (tertiary/aromatic N) is 2. The molecular weight excluding hydrogens is 352 g/mol. The lowest BCUT2D eigenvalue weighted by Crippen LogP contribution is -2.33. The van der Waals surface area contributed by atoms with E-state index in [1.54, 1.807) is 0 Å². The second-order valence-corrected chi connectivity index (χ2v) is 5.92. The van der Waals surface area contributed by atoms with Gasteiger partial charge in [-0.3, -0.25) is 14.6 Å². The SMILES string of the molecule is CC1C(=O)N(Cc2ccc(C(F)(F)F)cc2)C(=O)N1c1ccc(F)cc1. The Morgan fingerprint density at radius 3 is 2.08 bits per heavy atom. The molecule has 1 aliphatic rings. The Bertz CT molecular complexity index is 832. The van der Waals surface area contributed by atoms with Gasteiger partial charge >= 0.3 is 12.2 Å². The number of hydrogen-bond acceptors (Lipinski definition) is 2. The fourth-order valence-electron chi connectivity index (χ4n) is 2.79. The smallest absolute Gasteiger partial charge is 0.282 e. The zero-order valence-corrected chi connectivity index (χ0v) is 13.6. The van der Waals surface area contributed by atoms with Gasteiger partial charge in [-0.25, -0.2) is 9.18 Å². The molecule has 0 N–H and O–H groups in total. The first-order chi connectivity index (χ1) is 12.2. The van der Waals surface area contributed by atoms with Gasteiger partial charge in [-0.05, 0) is 48.9 Å². The number of carbonyl (C=O) groups is 2. The fourth-order valence-corrected chi connectivity index (χ4v) is 2.79. The van der Waals surface area contributed by atoms with E-state index in [9.17, 15) is 27.2 Å². The zero-order chi connectivity index (χ0) is 19.1. The molecule has 3 amide bonds. The standard InChI is InChI=1S/C18H14F4N2O2/c1-11-16(25)23(10-12-2-4-13(5-3-12)18(20,21)22)17(26)24(11)15-8-6-14(19)7-9-15/h2-9,11H,10H2,1H3. The van der Waals surface area contributed by atoms with Gasteiger partial charge in [0, 0.05) is 5.69 Å². The van der Waals surface area contributed by atoms with E-state index in [4.69, 9.17) is 0 Å². The van der Waals surface area contributed by atoms with Crippen LogP contribution in [0.5, 0.6) is 0 Å². The highest BCUT2D eigenvalue weighted by Crippen LogP contribution is 2.30. The summed E-state index contributed by atoms with van der Waals surface area (Å²) < 4.78 is 50.9. The number of urea groups is 1. The van der Waals surface area contributed by atoms with E-state index in [1.807, 2.05) is 0 Å². The van der Waals surface area contributed by atoms with E-state index in [0.717, 1.165) is 17.0 Å². The van der Waals surface area contributed by atoms with Crippen LogP contribution in [0.1, 0.15) is 18.1 Å². The number of amides is 3. The van der Waals surface area contributed by atoms with Crippen molar-refractivity contribution in [2.24, 2.45) is 0 Å². The Hall–Kier alpha value is -2.90. The molecule has 0 aliphatic carbocycles. The van der Waals surface area contributed by atoms with Gasteiger partial charge < -0.3 is 0 Å². The molecule has 0 spiro atoms. The molecule has 2 aromatic rings. The largest absolute Gasteiger partial charge is 0.416 e. The van der Waals surface area contributed by atoms with Crippen molar-refractivity contribution >= 4 is 17.6 Å². The van der Waals surface area contributed by atoms with Crippen molar-refractivity contribution in [3.8, 4) is 0 Å². The number of alkyl halides is 3. The number of benzene rings is 2. The average Bonchev–Trinajstić information content (AvgIpc) is 2.79. The normalized spacial score (nSPS) is 18.0. The van der Waals surface area contributed by atoms with E-state index in [2.05, 4.69) is 0 Å².